The first-order valence-corrected chi connectivity index (χ1v) is 7.75. The summed E-state index contributed by atoms with van der Waals surface area (Å²) in [4.78, 5) is 11.2. The normalized spacial score (nSPS) is 14.4. The van der Waals surface area contributed by atoms with Gasteiger partial charge < -0.3 is 10.2 Å². The van der Waals surface area contributed by atoms with E-state index in [2.05, 4.69) is 20.2 Å². The van der Waals surface area contributed by atoms with Crippen molar-refractivity contribution in [2.75, 3.05) is 29.9 Å². The summed E-state index contributed by atoms with van der Waals surface area (Å²) in [6.45, 7) is 3.01. The number of anilines is 2. The first-order chi connectivity index (χ1) is 10.3. The Bertz CT molecular complexity index is 579. The van der Waals surface area contributed by atoms with Gasteiger partial charge in [-0.05, 0) is 43.0 Å². The van der Waals surface area contributed by atoms with Gasteiger partial charge in [0.25, 0.3) is 0 Å². The summed E-state index contributed by atoms with van der Waals surface area (Å²) in [5, 5.41) is 4.06. The first-order valence-electron chi connectivity index (χ1n) is 7.37. The van der Waals surface area contributed by atoms with Gasteiger partial charge in [-0.25, -0.2) is 4.98 Å². The molecule has 1 aromatic carbocycles. The van der Waals surface area contributed by atoms with Crippen LogP contribution in [0.2, 0.25) is 5.02 Å². The Morgan fingerprint density at radius 2 is 1.86 bits per heavy atom. The number of halogens is 1. The molecule has 0 amide bonds. The zero-order valence-corrected chi connectivity index (χ0v) is 12.7. The molecule has 4 nitrogen and oxygen atoms in total. The maximum absolute atomic E-state index is 5.88. The second-order valence-corrected chi connectivity index (χ2v) is 5.67. The Labute approximate surface area is 130 Å². The van der Waals surface area contributed by atoms with Gasteiger partial charge in [-0.2, -0.15) is 4.98 Å². The highest BCUT2D eigenvalue weighted by molar-refractivity contribution is 6.30. The van der Waals surface area contributed by atoms with Crippen LogP contribution in [0.25, 0.3) is 0 Å². The van der Waals surface area contributed by atoms with Crippen LogP contribution < -0.4 is 10.2 Å². The minimum atomic E-state index is 0.702. The molecule has 5 heteroatoms. The molecule has 1 saturated heterocycles. The molecule has 2 heterocycles. The molecule has 1 fully saturated rings. The van der Waals surface area contributed by atoms with E-state index < -0.39 is 0 Å². The Morgan fingerprint density at radius 3 is 2.62 bits per heavy atom. The van der Waals surface area contributed by atoms with E-state index in [1.807, 2.05) is 36.5 Å². The molecule has 0 radical (unpaired) electrons. The maximum atomic E-state index is 5.88. The van der Waals surface area contributed by atoms with Crippen molar-refractivity contribution in [1.82, 2.24) is 9.97 Å². The van der Waals surface area contributed by atoms with Crippen LogP contribution in [-0.2, 0) is 6.42 Å². The molecule has 21 heavy (non-hydrogen) atoms. The van der Waals surface area contributed by atoms with Crippen LogP contribution in [-0.4, -0.2) is 29.6 Å². The zero-order valence-electron chi connectivity index (χ0n) is 11.9. The lowest BCUT2D eigenvalue weighted by Gasteiger charge is -2.16. The molecule has 0 saturated carbocycles. The zero-order chi connectivity index (χ0) is 14.5. The van der Waals surface area contributed by atoms with Crippen molar-refractivity contribution in [3.63, 3.8) is 0 Å². The maximum Gasteiger partial charge on any atom is 0.224 e. The van der Waals surface area contributed by atoms with E-state index in [0.717, 1.165) is 36.9 Å². The van der Waals surface area contributed by atoms with Gasteiger partial charge in [0.15, 0.2) is 0 Å². The summed E-state index contributed by atoms with van der Waals surface area (Å²) < 4.78 is 0. The van der Waals surface area contributed by atoms with Gasteiger partial charge in [-0.15, -0.1) is 0 Å². The number of nitrogens with one attached hydrogen (secondary N) is 1. The molecule has 2 aromatic rings. The minimum Gasteiger partial charge on any atom is -0.356 e. The smallest absolute Gasteiger partial charge is 0.224 e. The highest BCUT2D eigenvalue weighted by Gasteiger charge is 2.13. The van der Waals surface area contributed by atoms with Crippen molar-refractivity contribution in [2.45, 2.75) is 19.3 Å². The molecule has 1 aliphatic rings. The van der Waals surface area contributed by atoms with Gasteiger partial charge in [0.05, 0.1) is 0 Å². The fourth-order valence-corrected chi connectivity index (χ4v) is 2.65. The molecule has 0 bridgehead atoms. The summed E-state index contributed by atoms with van der Waals surface area (Å²) in [5.41, 5.74) is 1.25. The molecular formula is C16H19ClN4. The fourth-order valence-electron chi connectivity index (χ4n) is 2.53. The highest BCUT2D eigenvalue weighted by atomic mass is 35.5. The lowest BCUT2D eigenvalue weighted by Crippen LogP contribution is -2.20. The van der Waals surface area contributed by atoms with Gasteiger partial charge in [-0.3, -0.25) is 0 Å². The molecule has 1 aliphatic heterocycles. The number of rotatable bonds is 5. The van der Waals surface area contributed by atoms with Crippen molar-refractivity contribution >= 4 is 23.4 Å². The molecule has 1 N–H and O–H groups in total. The van der Waals surface area contributed by atoms with Crippen LogP contribution in [0.4, 0.5) is 11.8 Å². The minimum absolute atomic E-state index is 0.702. The quantitative estimate of drug-likeness (QED) is 0.919. The fraction of sp³-hybridized carbons (Fsp3) is 0.375. The molecule has 110 valence electrons. The molecule has 0 spiro atoms. The van der Waals surface area contributed by atoms with Crippen LogP contribution in [0, 0.1) is 0 Å². The topological polar surface area (TPSA) is 41.1 Å². The van der Waals surface area contributed by atoms with E-state index >= 15 is 0 Å². The van der Waals surface area contributed by atoms with Crippen LogP contribution >= 0.6 is 11.6 Å². The van der Waals surface area contributed by atoms with E-state index in [9.17, 15) is 0 Å². The van der Waals surface area contributed by atoms with Crippen molar-refractivity contribution in [3.8, 4) is 0 Å². The second-order valence-electron chi connectivity index (χ2n) is 5.24. The van der Waals surface area contributed by atoms with Gasteiger partial charge in [0, 0.05) is 30.9 Å². The number of hydrogen-bond acceptors (Lipinski definition) is 4. The number of nitrogens with zero attached hydrogens (tertiary/aromatic N) is 3. The van der Waals surface area contributed by atoms with E-state index in [1.165, 1.54) is 18.4 Å². The second kappa shape index (κ2) is 6.76. The highest BCUT2D eigenvalue weighted by Crippen LogP contribution is 2.18. The molecule has 0 unspecified atom stereocenters. The third-order valence-electron chi connectivity index (χ3n) is 3.68. The molecule has 0 aliphatic carbocycles. The first kappa shape index (κ1) is 14.1. The van der Waals surface area contributed by atoms with Gasteiger partial charge in [0.1, 0.15) is 5.82 Å². The predicted molar refractivity (Wildman–Crippen MR) is 87.1 cm³/mol. The monoisotopic (exact) mass is 302 g/mol. The van der Waals surface area contributed by atoms with Crippen molar-refractivity contribution in [3.05, 3.63) is 47.1 Å². The summed E-state index contributed by atoms with van der Waals surface area (Å²) in [6, 6.07) is 9.91. The van der Waals surface area contributed by atoms with E-state index in [4.69, 9.17) is 11.6 Å². The number of benzene rings is 1. The Kier molecular flexibility index (Phi) is 4.55. The average Bonchev–Trinajstić information content (AvgIpc) is 3.04. The summed E-state index contributed by atoms with van der Waals surface area (Å²) in [7, 11) is 0. The molecule has 0 atom stereocenters. The third kappa shape index (κ3) is 3.85. The van der Waals surface area contributed by atoms with Crippen LogP contribution in [0.1, 0.15) is 18.4 Å². The molecule has 3 rings (SSSR count). The standard InChI is InChI=1S/C16H19ClN4/c17-14-5-3-13(4-6-14)7-9-18-16-19-10-8-15(20-16)21-11-1-2-12-21/h3-6,8,10H,1-2,7,9,11-12H2,(H,18,19,20). The van der Waals surface area contributed by atoms with Crippen molar-refractivity contribution in [2.24, 2.45) is 0 Å². The Balaban J connectivity index is 1.55. The van der Waals surface area contributed by atoms with Crippen molar-refractivity contribution < 1.29 is 0 Å². The number of aromatic nitrogens is 2. The average molecular weight is 303 g/mol. The van der Waals surface area contributed by atoms with E-state index in [1.54, 1.807) is 0 Å². The van der Waals surface area contributed by atoms with Gasteiger partial charge >= 0.3 is 0 Å². The molecule has 1 aromatic heterocycles. The number of hydrogen-bond donors (Lipinski definition) is 1. The SMILES string of the molecule is Clc1ccc(CCNc2nccc(N3CCCC3)n2)cc1. The largest absolute Gasteiger partial charge is 0.356 e. The Morgan fingerprint density at radius 1 is 1.10 bits per heavy atom. The lowest BCUT2D eigenvalue weighted by molar-refractivity contribution is 0.917. The van der Waals surface area contributed by atoms with E-state index in [0.29, 0.717) is 5.95 Å². The van der Waals surface area contributed by atoms with Gasteiger partial charge in [-0.1, -0.05) is 23.7 Å². The Hall–Kier alpha value is -1.81. The summed E-state index contributed by atoms with van der Waals surface area (Å²) in [5.74, 6) is 1.73. The van der Waals surface area contributed by atoms with Crippen LogP contribution in [0.5, 0.6) is 0 Å². The lowest BCUT2D eigenvalue weighted by atomic mass is 10.1. The molecular weight excluding hydrogens is 284 g/mol. The van der Waals surface area contributed by atoms with Crippen molar-refractivity contribution in [1.29, 1.82) is 0 Å². The summed E-state index contributed by atoms with van der Waals surface area (Å²) in [6.07, 6.45) is 5.26. The van der Waals surface area contributed by atoms with E-state index in [-0.39, 0.29) is 0 Å². The van der Waals surface area contributed by atoms with Crippen LogP contribution in [0.15, 0.2) is 36.5 Å². The third-order valence-corrected chi connectivity index (χ3v) is 3.93. The predicted octanol–water partition coefficient (Wildman–Crippen LogP) is 3.38. The van der Waals surface area contributed by atoms with Crippen LogP contribution in [0.3, 0.4) is 0 Å². The summed E-state index contributed by atoms with van der Waals surface area (Å²) >= 11 is 5.88. The van der Waals surface area contributed by atoms with Gasteiger partial charge in [0.2, 0.25) is 5.95 Å².